The maximum Gasteiger partial charge on any atom is 0.241 e. The number of anilines is 1. The van der Waals surface area contributed by atoms with Crippen molar-refractivity contribution in [3.05, 3.63) is 24.3 Å². The number of benzene rings is 1. The fourth-order valence-electron chi connectivity index (χ4n) is 3.45. The molecule has 0 bridgehead atoms. The lowest BCUT2D eigenvalue weighted by Crippen LogP contribution is -2.39. The van der Waals surface area contributed by atoms with E-state index in [9.17, 15) is 13.2 Å². The molecule has 2 aliphatic rings. The zero-order valence-corrected chi connectivity index (χ0v) is 12.4. The van der Waals surface area contributed by atoms with Crippen LogP contribution in [-0.2, 0) is 14.8 Å². The molecule has 0 aromatic heterocycles. The van der Waals surface area contributed by atoms with Crippen molar-refractivity contribution in [3.63, 3.8) is 0 Å². The molecule has 3 atom stereocenters. The van der Waals surface area contributed by atoms with Crippen LogP contribution < -0.4 is 15.8 Å². The molecule has 1 aromatic rings. The number of sulfonamides is 1. The largest absolute Gasteiger partial charge is 0.325 e. The van der Waals surface area contributed by atoms with Crippen LogP contribution in [0.25, 0.3) is 0 Å². The van der Waals surface area contributed by atoms with E-state index in [0.717, 1.165) is 13.0 Å². The van der Waals surface area contributed by atoms with Gasteiger partial charge in [-0.05, 0) is 49.4 Å². The van der Waals surface area contributed by atoms with Crippen LogP contribution in [0.15, 0.2) is 29.2 Å². The summed E-state index contributed by atoms with van der Waals surface area (Å²) in [6, 6.07) is 5.83. The number of nitrogens with one attached hydrogen (secondary N) is 2. The molecule has 1 heterocycles. The van der Waals surface area contributed by atoms with Gasteiger partial charge in [0.1, 0.15) is 0 Å². The number of rotatable bonds is 3. The zero-order chi connectivity index (χ0) is 15.0. The van der Waals surface area contributed by atoms with E-state index in [1.165, 1.54) is 25.0 Å². The third-order valence-electron chi connectivity index (χ3n) is 4.46. The maximum atomic E-state index is 12.4. The summed E-state index contributed by atoms with van der Waals surface area (Å²) in [6.45, 7) is 0.889. The predicted octanol–water partition coefficient (Wildman–Crippen LogP) is 0.661. The van der Waals surface area contributed by atoms with Gasteiger partial charge in [0.25, 0.3) is 0 Å². The van der Waals surface area contributed by atoms with Crippen molar-refractivity contribution in [2.24, 2.45) is 17.0 Å². The first-order valence-electron chi connectivity index (χ1n) is 7.12. The molecule has 1 aromatic carbocycles. The van der Waals surface area contributed by atoms with E-state index in [1.807, 2.05) is 0 Å². The fourth-order valence-corrected chi connectivity index (χ4v) is 4.00. The Balaban J connectivity index is 1.73. The number of primary sulfonamides is 1. The molecule has 114 valence electrons. The number of fused-ring (bicyclic) bond motifs is 1. The molecule has 1 aliphatic heterocycles. The first kappa shape index (κ1) is 14.5. The van der Waals surface area contributed by atoms with Crippen LogP contribution in [0.5, 0.6) is 0 Å². The summed E-state index contributed by atoms with van der Waals surface area (Å²) in [5, 5.41) is 11.2. The monoisotopic (exact) mass is 309 g/mol. The normalized spacial score (nSPS) is 28.3. The Bertz CT molecular complexity index is 659. The molecule has 3 rings (SSSR count). The Labute approximate surface area is 124 Å². The lowest BCUT2D eigenvalue weighted by Gasteiger charge is -2.18. The molecule has 4 N–H and O–H groups in total. The Morgan fingerprint density at radius 2 is 2.14 bits per heavy atom. The van der Waals surface area contributed by atoms with Gasteiger partial charge in [-0.1, -0.05) is 12.5 Å². The zero-order valence-electron chi connectivity index (χ0n) is 11.6. The Morgan fingerprint density at radius 1 is 1.33 bits per heavy atom. The smallest absolute Gasteiger partial charge is 0.241 e. The summed E-state index contributed by atoms with van der Waals surface area (Å²) >= 11 is 0. The van der Waals surface area contributed by atoms with Crippen LogP contribution in [0.4, 0.5) is 5.69 Å². The second-order valence-electron chi connectivity index (χ2n) is 5.80. The van der Waals surface area contributed by atoms with E-state index in [1.54, 1.807) is 12.1 Å². The number of amides is 1. The third-order valence-corrected chi connectivity index (χ3v) is 5.37. The van der Waals surface area contributed by atoms with Gasteiger partial charge in [-0.3, -0.25) is 4.79 Å². The van der Waals surface area contributed by atoms with Crippen LogP contribution in [0.3, 0.4) is 0 Å². The fraction of sp³-hybridized carbons (Fsp3) is 0.500. The van der Waals surface area contributed by atoms with Crippen molar-refractivity contribution < 1.29 is 13.2 Å². The second-order valence-corrected chi connectivity index (χ2v) is 7.36. The lowest BCUT2D eigenvalue weighted by molar-refractivity contribution is -0.118. The highest BCUT2D eigenvalue weighted by Gasteiger charge is 2.42. The molecule has 6 nitrogen and oxygen atoms in total. The molecule has 7 heteroatoms. The van der Waals surface area contributed by atoms with Gasteiger partial charge in [0, 0.05) is 5.69 Å². The minimum Gasteiger partial charge on any atom is -0.325 e. The van der Waals surface area contributed by atoms with Crippen LogP contribution in [0, 0.1) is 11.8 Å². The number of nitrogens with two attached hydrogens (primary N) is 1. The molecule has 1 saturated heterocycles. The highest BCUT2D eigenvalue weighted by Crippen LogP contribution is 2.38. The predicted molar refractivity (Wildman–Crippen MR) is 79.1 cm³/mol. The molecule has 0 spiro atoms. The number of hydrogen-bond donors (Lipinski definition) is 3. The summed E-state index contributed by atoms with van der Waals surface area (Å²) in [7, 11) is -3.76. The molecule has 2 fully saturated rings. The minimum absolute atomic E-state index is 0.00146. The summed E-state index contributed by atoms with van der Waals surface area (Å²) < 4.78 is 22.7. The van der Waals surface area contributed by atoms with Gasteiger partial charge >= 0.3 is 0 Å². The van der Waals surface area contributed by atoms with Gasteiger partial charge in [0.15, 0.2) is 0 Å². The SMILES string of the molecule is NS(=O)(=O)c1cccc(NC(=O)C2NCC3CCCC32)c1. The number of hydrogen-bond acceptors (Lipinski definition) is 4. The lowest BCUT2D eigenvalue weighted by atomic mass is 9.93. The molecule has 3 unspecified atom stereocenters. The van der Waals surface area contributed by atoms with E-state index in [2.05, 4.69) is 10.6 Å². The van der Waals surface area contributed by atoms with E-state index in [4.69, 9.17) is 5.14 Å². The third kappa shape index (κ3) is 2.95. The van der Waals surface area contributed by atoms with Crippen molar-refractivity contribution in [2.45, 2.75) is 30.2 Å². The second kappa shape index (κ2) is 5.40. The van der Waals surface area contributed by atoms with Crippen LogP contribution in [0.1, 0.15) is 19.3 Å². The highest BCUT2D eigenvalue weighted by atomic mass is 32.2. The summed E-state index contributed by atoms with van der Waals surface area (Å²) in [5.74, 6) is 0.888. The highest BCUT2D eigenvalue weighted by molar-refractivity contribution is 7.89. The van der Waals surface area contributed by atoms with Gasteiger partial charge in [-0.15, -0.1) is 0 Å². The van der Waals surface area contributed by atoms with Crippen molar-refractivity contribution in [3.8, 4) is 0 Å². The van der Waals surface area contributed by atoms with E-state index >= 15 is 0 Å². The Kier molecular flexibility index (Phi) is 3.73. The minimum atomic E-state index is -3.76. The molecular formula is C14H19N3O3S. The van der Waals surface area contributed by atoms with Gasteiger partial charge in [0.05, 0.1) is 10.9 Å². The molecule has 0 radical (unpaired) electrons. The molecular weight excluding hydrogens is 290 g/mol. The van der Waals surface area contributed by atoms with Gasteiger partial charge in [-0.2, -0.15) is 0 Å². The average Bonchev–Trinajstić information content (AvgIpc) is 2.99. The van der Waals surface area contributed by atoms with E-state index in [0.29, 0.717) is 17.5 Å². The number of carbonyl (C=O) groups is 1. The van der Waals surface area contributed by atoms with Gasteiger partial charge in [0.2, 0.25) is 15.9 Å². The topological polar surface area (TPSA) is 101 Å². The van der Waals surface area contributed by atoms with Gasteiger partial charge < -0.3 is 10.6 Å². The average molecular weight is 309 g/mol. The maximum absolute atomic E-state index is 12.4. The molecule has 1 amide bonds. The molecule has 1 saturated carbocycles. The molecule has 21 heavy (non-hydrogen) atoms. The molecule has 1 aliphatic carbocycles. The van der Waals surface area contributed by atoms with Crippen molar-refractivity contribution in [1.29, 1.82) is 0 Å². The summed E-state index contributed by atoms with van der Waals surface area (Å²) in [5.41, 5.74) is 0.453. The van der Waals surface area contributed by atoms with Crippen LogP contribution >= 0.6 is 0 Å². The van der Waals surface area contributed by atoms with Crippen LogP contribution in [0.2, 0.25) is 0 Å². The van der Waals surface area contributed by atoms with Crippen molar-refractivity contribution in [1.82, 2.24) is 5.32 Å². The summed E-state index contributed by atoms with van der Waals surface area (Å²) in [6.07, 6.45) is 3.44. The van der Waals surface area contributed by atoms with E-state index < -0.39 is 10.0 Å². The van der Waals surface area contributed by atoms with Crippen molar-refractivity contribution in [2.75, 3.05) is 11.9 Å². The first-order valence-corrected chi connectivity index (χ1v) is 8.67. The first-order chi connectivity index (χ1) is 9.95. The Morgan fingerprint density at radius 3 is 2.90 bits per heavy atom. The number of carbonyl (C=O) groups excluding carboxylic acids is 1. The standard InChI is InChI=1S/C14H19N3O3S/c15-21(19,20)11-5-2-4-10(7-11)17-14(18)13-12-6-1-3-9(12)8-16-13/h2,4-5,7,9,12-13,16H,1,3,6,8H2,(H,17,18)(H2,15,19,20). The summed E-state index contributed by atoms with van der Waals surface area (Å²) in [4.78, 5) is 12.4. The Hall–Kier alpha value is -1.44. The quantitative estimate of drug-likeness (QED) is 0.763. The van der Waals surface area contributed by atoms with E-state index in [-0.39, 0.29) is 16.8 Å². The van der Waals surface area contributed by atoms with Crippen molar-refractivity contribution >= 4 is 21.6 Å². The van der Waals surface area contributed by atoms with Gasteiger partial charge in [-0.25, -0.2) is 13.6 Å². The van der Waals surface area contributed by atoms with Crippen LogP contribution in [-0.4, -0.2) is 26.9 Å².